The number of anilines is 1. The van der Waals surface area contributed by atoms with E-state index in [1.54, 1.807) is 18.3 Å². The van der Waals surface area contributed by atoms with E-state index in [1.807, 2.05) is 35.1 Å². The number of H-pyrrole nitrogens is 1. The standard InChI is InChI=1S/C46H47F3N8O9S/c1-64-38-22-32(20-29-25-57(46(61)40(29)38)37-8-9-39(58)52-45(37)60)66-19-17-55-14-12-54(13-15-55)16-18-65-31-4-2-27(3-5-31)28-21-33-34(24-51-44(33)50-23-28)43(59)41-35(48)6-7-36(42(41)49)53-67(62,63)56-11-10-30(47)26-56/h2-7,20-24,30,37,53H,8-19,25-26H2,1H3,(H,50,51)(H,52,58,60)/t30-,37-/m1/s1. The molecule has 3 N–H and O–H groups in total. The van der Waals surface area contributed by atoms with E-state index >= 15 is 8.78 Å². The van der Waals surface area contributed by atoms with Crippen LogP contribution < -0.4 is 24.2 Å². The molecule has 5 aromatic rings. The van der Waals surface area contributed by atoms with Crippen molar-refractivity contribution in [1.82, 2.24) is 34.3 Å². The van der Waals surface area contributed by atoms with Crippen molar-refractivity contribution in [3.05, 3.63) is 101 Å². The molecular weight excluding hydrogens is 898 g/mol. The Bertz CT molecular complexity index is 2860. The first-order chi connectivity index (χ1) is 32.3. The molecule has 21 heteroatoms. The second kappa shape index (κ2) is 19.0. The Morgan fingerprint density at radius 3 is 2.28 bits per heavy atom. The van der Waals surface area contributed by atoms with Crippen LogP contribution in [-0.4, -0.2) is 146 Å². The second-order valence-electron chi connectivity index (χ2n) is 16.8. The summed E-state index contributed by atoms with van der Waals surface area (Å²) in [6.07, 6.45) is 1.97. The number of carbonyl (C=O) groups is 4. The fourth-order valence-electron chi connectivity index (χ4n) is 8.89. The zero-order chi connectivity index (χ0) is 47.0. The molecule has 9 rings (SSSR count). The Morgan fingerprint density at radius 2 is 1.61 bits per heavy atom. The number of pyridine rings is 1. The number of piperazine rings is 1. The monoisotopic (exact) mass is 944 g/mol. The average molecular weight is 945 g/mol. The minimum absolute atomic E-state index is 0.00550. The Labute approximate surface area is 383 Å². The number of ketones is 1. The number of amides is 3. The van der Waals surface area contributed by atoms with Crippen molar-refractivity contribution in [3.8, 4) is 28.4 Å². The lowest BCUT2D eigenvalue weighted by atomic mass is 10.00. The molecule has 3 amide bonds. The van der Waals surface area contributed by atoms with Gasteiger partial charge in [0.25, 0.3) is 5.91 Å². The van der Waals surface area contributed by atoms with Crippen LogP contribution in [-0.2, 0) is 26.3 Å². The van der Waals surface area contributed by atoms with Gasteiger partial charge in [0.2, 0.25) is 17.6 Å². The number of aromatic nitrogens is 2. The van der Waals surface area contributed by atoms with E-state index in [0.29, 0.717) is 71.3 Å². The van der Waals surface area contributed by atoms with Crippen LogP contribution in [0.1, 0.15) is 51.1 Å². The Morgan fingerprint density at radius 1 is 0.896 bits per heavy atom. The van der Waals surface area contributed by atoms with Gasteiger partial charge in [-0.3, -0.25) is 39.0 Å². The quantitative estimate of drug-likeness (QED) is 0.0940. The third-order valence-electron chi connectivity index (χ3n) is 12.6. The molecule has 0 radical (unpaired) electrons. The maximum Gasteiger partial charge on any atom is 0.301 e. The van der Waals surface area contributed by atoms with Crippen LogP contribution in [0.4, 0.5) is 18.9 Å². The zero-order valence-electron chi connectivity index (χ0n) is 36.4. The summed E-state index contributed by atoms with van der Waals surface area (Å²) in [5.74, 6) is -3.14. The number of imide groups is 1. The molecule has 3 aromatic carbocycles. The fourth-order valence-corrected chi connectivity index (χ4v) is 10.2. The lowest BCUT2D eigenvalue weighted by molar-refractivity contribution is -0.136. The van der Waals surface area contributed by atoms with Gasteiger partial charge in [0.05, 0.1) is 23.9 Å². The number of halogens is 3. The van der Waals surface area contributed by atoms with E-state index in [4.69, 9.17) is 14.2 Å². The summed E-state index contributed by atoms with van der Waals surface area (Å²) in [5.41, 5.74) is 1.10. The van der Waals surface area contributed by atoms with Gasteiger partial charge in [0.1, 0.15) is 54.1 Å². The number of rotatable bonds is 16. The predicted molar refractivity (Wildman–Crippen MR) is 238 cm³/mol. The minimum atomic E-state index is -4.37. The van der Waals surface area contributed by atoms with Crippen LogP contribution in [0.15, 0.2) is 67.0 Å². The van der Waals surface area contributed by atoms with Gasteiger partial charge in [0, 0.05) is 100 Å². The predicted octanol–water partition coefficient (Wildman–Crippen LogP) is 4.28. The van der Waals surface area contributed by atoms with Crippen molar-refractivity contribution >= 4 is 50.4 Å². The fraction of sp³-hybridized carbons (Fsp3) is 0.370. The van der Waals surface area contributed by atoms with Gasteiger partial charge in [-0.15, -0.1) is 0 Å². The molecule has 4 aliphatic heterocycles. The van der Waals surface area contributed by atoms with E-state index in [9.17, 15) is 32.0 Å². The Hall–Kier alpha value is -6.55. The number of methoxy groups -OCH3 is 1. The average Bonchev–Trinajstić information content (AvgIpc) is 4.05. The van der Waals surface area contributed by atoms with E-state index in [1.165, 1.54) is 18.2 Å². The molecule has 6 heterocycles. The lowest BCUT2D eigenvalue weighted by Gasteiger charge is -2.34. The zero-order valence-corrected chi connectivity index (χ0v) is 37.2. The van der Waals surface area contributed by atoms with Crippen molar-refractivity contribution in [2.24, 2.45) is 0 Å². The molecule has 17 nitrogen and oxygen atoms in total. The highest BCUT2D eigenvalue weighted by atomic mass is 32.2. The summed E-state index contributed by atoms with van der Waals surface area (Å²) < 4.78 is 90.6. The largest absolute Gasteiger partial charge is 0.496 e. The van der Waals surface area contributed by atoms with Crippen LogP contribution >= 0.6 is 0 Å². The summed E-state index contributed by atoms with van der Waals surface area (Å²) in [6.45, 7) is 5.38. The molecule has 0 saturated carbocycles. The van der Waals surface area contributed by atoms with Gasteiger partial charge in [-0.25, -0.2) is 18.2 Å². The number of piperidine rings is 1. The van der Waals surface area contributed by atoms with E-state index < -0.39 is 63.5 Å². The highest BCUT2D eigenvalue weighted by molar-refractivity contribution is 7.90. The number of benzene rings is 3. The third-order valence-corrected chi connectivity index (χ3v) is 14.0. The van der Waals surface area contributed by atoms with Crippen molar-refractivity contribution in [2.45, 2.75) is 38.0 Å². The maximum atomic E-state index is 15.7. The van der Waals surface area contributed by atoms with Crippen LogP contribution in [0.5, 0.6) is 17.2 Å². The van der Waals surface area contributed by atoms with Crippen molar-refractivity contribution in [1.29, 1.82) is 0 Å². The molecule has 352 valence electrons. The Kier molecular flexibility index (Phi) is 12.9. The number of carbonyl (C=O) groups excluding carboxylic acids is 4. The number of hydrogen-bond donors (Lipinski definition) is 3. The number of aromatic amines is 1. The third kappa shape index (κ3) is 9.54. The SMILES string of the molecule is COc1cc(OCCN2CCN(CCOc3ccc(-c4cnc5[nH]cc(C(=O)c6c(F)ccc(NS(=O)(=O)N7CC[C@@H](F)C7)c6F)c5c4)cc3)CC2)cc2c1C(=O)N([C@@H]1CCC(=O)NC1=O)C2. The number of alkyl halides is 1. The van der Waals surface area contributed by atoms with Crippen molar-refractivity contribution in [2.75, 3.05) is 77.4 Å². The van der Waals surface area contributed by atoms with Crippen LogP contribution in [0.25, 0.3) is 22.2 Å². The molecule has 0 unspecified atom stereocenters. The summed E-state index contributed by atoms with van der Waals surface area (Å²) in [7, 11) is -2.88. The first kappa shape index (κ1) is 45.6. The molecule has 0 spiro atoms. The van der Waals surface area contributed by atoms with Crippen LogP contribution in [0.2, 0.25) is 0 Å². The second-order valence-corrected chi connectivity index (χ2v) is 18.4. The van der Waals surface area contributed by atoms with Gasteiger partial charge in [-0.05, 0) is 60.4 Å². The van der Waals surface area contributed by atoms with Crippen molar-refractivity contribution in [3.63, 3.8) is 0 Å². The maximum absolute atomic E-state index is 15.7. The highest BCUT2D eigenvalue weighted by Crippen LogP contribution is 2.37. The van der Waals surface area contributed by atoms with Crippen LogP contribution in [0, 0.1) is 11.6 Å². The highest BCUT2D eigenvalue weighted by Gasteiger charge is 2.41. The molecule has 4 aliphatic rings. The summed E-state index contributed by atoms with van der Waals surface area (Å²) in [6, 6.07) is 13.4. The van der Waals surface area contributed by atoms with E-state index in [2.05, 4.69) is 25.1 Å². The summed E-state index contributed by atoms with van der Waals surface area (Å²) in [5, 5.41) is 2.62. The van der Waals surface area contributed by atoms with E-state index in [0.717, 1.165) is 48.2 Å². The number of ether oxygens (including phenoxy) is 3. The lowest BCUT2D eigenvalue weighted by Crippen LogP contribution is -2.52. The first-order valence-electron chi connectivity index (χ1n) is 21.8. The number of nitrogens with one attached hydrogen (secondary N) is 3. The minimum Gasteiger partial charge on any atom is -0.496 e. The molecule has 2 atom stereocenters. The molecule has 67 heavy (non-hydrogen) atoms. The number of nitrogens with zero attached hydrogens (tertiary/aromatic N) is 5. The normalized spacial score (nSPS) is 19.5. The van der Waals surface area contributed by atoms with Gasteiger partial charge >= 0.3 is 10.2 Å². The number of fused-ring (bicyclic) bond motifs is 2. The van der Waals surface area contributed by atoms with Gasteiger partial charge < -0.3 is 24.1 Å². The first-order valence-corrected chi connectivity index (χ1v) is 23.3. The van der Waals surface area contributed by atoms with Crippen molar-refractivity contribution < 1.29 is 55.0 Å². The van der Waals surface area contributed by atoms with Gasteiger partial charge in [-0.1, -0.05) is 12.1 Å². The summed E-state index contributed by atoms with van der Waals surface area (Å²) >= 11 is 0. The molecule has 3 fully saturated rings. The molecule has 0 aliphatic carbocycles. The molecular formula is C46H47F3N8O9S. The van der Waals surface area contributed by atoms with Crippen LogP contribution in [0.3, 0.4) is 0 Å². The molecule has 0 bridgehead atoms. The summed E-state index contributed by atoms with van der Waals surface area (Å²) in [4.78, 5) is 64.5. The van der Waals surface area contributed by atoms with Gasteiger partial charge in [-0.2, -0.15) is 12.7 Å². The molecule has 3 saturated heterocycles. The van der Waals surface area contributed by atoms with E-state index in [-0.39, 0.29) is 49.7 Å². The smallest absolute Gasteiger partial charge is 0.301 e. The molecule has 2 aromatic heterocycles. The number of hydrogen-bond acceptors (Lipinski definition) is 12. The van der Waals surface area contributed by atoms with Gasteiger partial charge in [0.15, 0.2) is 5.82 Å². The topological polar surface area (TPSA) is 196 Å². The Balaban J connectivity index is 0.745.